The van der Waals surface area contributed by atoms with Crippen LogP contribution in [0, 0.1) is 0 Å². The Labute approximate surface area is 472 Å². The number of anilines is 3. The molecule has 13 aromatic rings. The van der Waals surface area contributed by atoms with Crippen LogP contribution in [0.15, 0.2) is 221 Å². The standard InChI is InChI=1S/C78H59NO2/c1-75(2)58-30-18-14-26-50(58)51-37-34-45(40-60(51)75)79(47-36-39-54-62(42-47)78(7,8)72-70(54)74-69(56-29-17-21-33-65(56)81-74)67-52-27-15-19-31-59(52)77(5,6)71(67)72)46-35-38-53-61(41-46)76(3,4)63-43-57(49-25-13-12-24-48(49)44-22-10-9-11-23-44)73-68(66(53)63)55-28-16-20-32-64(55)80-73/h9-43H,1-8H3. The van der Waals surface area contributed by atoms with Crippen molar-refractivity contribution in [3.05, 3.63) is 257 Å². The molecule has 3 nitrogen and oxygen atoms in total. The summed E-state index contributed by atoms with van der Waals surface area (Å²) in [6.45, 7) is 19.4. The van der Waals surface area contributed by atoms with E-state index in [2.05, 4.69) is 273 Å². The van der Waals surface area contributed by atoms with Crippen LogP contribution in [0.5, 0.6) is 0 Å². The highest BCUT2D eigenvalue weighted by molar-refractivity contribution is 6.22. The van der Waals surface area contributed by atoms with Gasteiger partial charge in [0.2, 0.25) is 0 Å². The lowest BCUT2D eigenvalue weighted by atomic mass is 9.72. The maximum atomic E-state index is 7.14. The summed E-state index contributed by atoms with van der Waals surface area (Å²) in [7, 11) is 0. The highest BCUT2D eigenvalue weighted by atomic mass is 16.3. The van der Waals surface area contributed by atoms with Gasteiger partial charge in [-0.15, -0.1) is 0 Å². The number of hydrogen-bond donors (Lipinski definition) is 0. The van der Waals surface area contributed by atoms with Crippen LogP contribution in [0.4, 0.5) is 17.1 Å². The Hall–Kier alpha value is -9.18. The SMILES string of the molecule is CC1(C)c2ccccc2-c2ccc(N(c3ccc4c(c3)C(C)(C)c3cc(-c5ccccc5-c5ccccc5)c5oc6ccccc6c5c3-4)c3ccc4c(c3)C(C)(C)c3c5c(c6c(oc7ccccc76)c3-4)-c3ccccc3C5(C)C)cc21. The second kappa shape index (κ2) is 15.8. The first-order valence-electron chi connectivity index (χ1n) is 28.8. The first kappa shape index (κ1) is 46.7. The van der Waals surface area contributed by atoms with Crippen molar-refractivity contribution in [2.45, 2.75) is 77.0 Å². The molecule has 81 heavy (non-hydrogen) atoms. The number of benzene rings is 11. The molecule has 3 heteroatoms. The van der Waals surface area contributed by atoms with Crippen LogP contribution in [-0.4, -0.2) is 0 Å². The zero-order valence-corrected chi connectivity index (χ0v) is 47.0. The number of para-hydroxylation sites is 2. The average Bonchev–Trinajstić information content (AvgIpc) is 2.80. The van der Waals surface area contributed by atoms with Crippen LogP contribution >= 0.6 is 0 Å². The summed E-state index contributed by atoms with van der Waals surface area (Å²) in [4.78, 5) is 2.55. The van der Waals surface area contributed by atoms with Gasteiger partial charge in [-0.3, -0.25) is 0 Å². The molecular formula is C78H59NO2. The van der Waals surface area contributed by atoms with Crippen LogP contribution in [0.2, 0.25) is 0 Å². The Kier molecular flexibility index (Phi) is 9.11. The van der Waals surface area contributed by atoms with E-state index >= 15 is 0 Å². The zero-order chi connectivity index (χ0) is 54.6. The molecule has 0 atom stereocenters. The third-order valence-electron chi connectivity index (χ3n) is 19.8. The summed E-state index contributed by atoms with van der Waals surface area (Å²) in [6, 6.07) is 79.2. The number of nitrogens with zero attached hydrogens (tertiary/aromatic N) is 1. The molecule has 0 unspecified atom stereocenters. The summed E-state index contributed by atoms with van der Waals surface area (Å²) >= 11 is 0. The molecule has 0 radical (unpaired) electrons. The van der Waals surface area contributed by atoms with Gasteiger partial charge in [-0.1, -0.05) is 213 Å². The summed E-state index contributed by atoms with van der Waals surface area (Å²) in [5.74, 6) is 0. The molecule has 2 aromatic heterocycles. The fraction of sp³-hybridized carbons (Fsp3) is 0.154. The van der Waals surface area contributed by atoms with E-state index < -0.39 is 0 Å². The minimum absolute atomic E-state index is 0.185. The van der Waals surface area contributed by atoms with Crippen LogP contribution in [0.1, 0.15) is 99.9 Å². The Morgan fingerprint density at radius 3 is 1.36 bits per heavy atom. The Morgan fingerprint density at radius 2 is 0.704 bits per heavy atom. The van der Waals surface area contributed by atoms with E-state index in [0.717, 1.165) is 55.9 Å². The molecule has 0 saturated heterocycles. The van der Waals surface area contributed by atoms with E-state index in [4.69, 9.17) is 8.83 Å². The Morgan fingerprint density at radius 1 is 0.284 bits per heavy atom. The van der Waals surface area contributed by atoms with Gasteiger partial charge in [0.1, 0.15) is 22.3 Å². The number of rotatable bonds is 5. The summed E-state index contributed by atoms with van der Waals surface area (Å²) in [6.07, 6.45) is 0. The monoisotopic (exact) mass is 1040 g/mol. The molecule has 4 aliphatic rings. The second-order valence-corrected chi connectivity index (χ2v) is 25.5. The second-order valence-electron chi connectivity index (χ2n) is 25.5. The van der Waals surface area contributed by atoms with Crippen molar-refractivity contribution < 1.29 is 8.83 Å². The van der Waals surface area contributed by atoms with Gasteiger partial charge in [0.05, 0.1) is 0 Å². The first-order chi connectivity index (χ1) is 39.2. The lowest BCUT2D eigenvalue weighted by Gasteiger charge is -2.32. The number of hydrogen-bond acceptors (Lipinski definition) is 3. The van der Waals surface area contributed by atoms with Crippen molar-refractivity contribution in [3.63, 3.8) is 0 Å². The molecule has 0 saturated carbocycles. The Balaban J connectivity index is 0.892. The van der Waals surface area contributed by atoms with Gasteiger partial charge in [0.15, 0.2) is 0 Å². The first-order valence-corrected chi connectivity index (χ1v) is 28.8. The van der Waals surface area contributed by atoms with E-state index in [9.17, 15) is 0 Å². The summed E-state index contributed by atoms with van der Waals surface area (Å²) in [5, 5.41) is 4.71. The topological polar surface area (TPSA) is 29.5 Å². The maximum Gasteiger partial charge on any atom is 0.144 e. The Bertz CT molecular complexity index is 4940. The highest BCUT2D eigenvalue weighted by Crippen LogP contribution is 2.64. The van der Waals surface area contributed by atoms with Crippen molar-refractivity contribution in [2.24, 2.45) is 0 Å². The molecule has 0 spiro atoms. The van der Waals surface area contributed by atoms with Gasteiger partial charge >= 0.3 is 0 Å². The molecule has 0 N–H and O–H groups in total. The van der Waals surface area contributed by atoms with Gasteiger partial charge < -0.3 is 13.7 Å². The fourth-order valence-corrected chi connectivity index (χ4v) is 15.9. The van der Waals surface area contributed by atoms with E-state index in [0.29, 0.717) is 0 Å². The van der Waals surface area contributed by atoms with Crippen LogP contribution in [0.3, 0.4) is 0 Å². The molecule has 17 rings (SSSR count). The minimum atomic E-state index is -0.374. The number of fused-ring (bicyclic) bond motifs is 22. The molecule has 0 bridgehead atoms. The fourth-order valence-electron chi connectivity index (χ4n) is 15.9. The lowest BCUT2D eigenvalue weighted by molar-refractivity contribution is 0.600. The molecule has 0 fully saturated rings. The third-order valence-corrected chi connectivity index (χ3v) is 19.8. The van der Waals surface area contributed by atoms with E-state index in [1.807, 2.05) is 0 Å². The van der Waals surface area contributed by atoms with Crippen LogP contribution in [0.25, 0.3) is 111 Å². The highest BCUT2D eigenvalue weighted by Gasteiger charge is 2.49. The third kappa shape index (κ3) is 5.98. The molecule has 4 aliphatic carbocycles. The van der Waals surface area contributed by atoms with Crippen LogP contribution < -0.4 is 4.90 Å². The minimum Gasteiger partial charge on any atom is -0.455 e. The van der Waals surface area contributed by atoms with Gasteiger partial charge in [-0.25, -0.2) is 0 Å². The predicted octanol–water partition coefficient (Wildman–Crippen LogP) is 21.5. The largest absolute Gasteiger partial charge is 0.455 e. The van der Waals surface area contributed by atoms with Crippen LogP contribution in [-0.2, 0) is 21.7 Å². The molecule has 388 valence electrons. The maximum absolute atomic E-state index is 7.14. The van der Waals surface area contributed by atoms with Gasteiger partial charge in [0, 0.05) is 71.4 Å². The smallest absolute Gasteiger partial charge is 0.144 e. The molecular weight excluding hydrogens is 983 g/mol. The number of furan rings is 2. The van der Waals surface area contributed by atoms with Gasteiger partial charge in [-0.05, 0) is 155 Å². The quantitative estimate of drug-likeness (QED) is 0.172. The van der Waals surface area contributed by atoms with E-state index in [1.165, 1.54) is 116 Å². The summed E-state index contributed by atoms with van der Waals surface area (Å²) in [5.41, 5.74) is 31.7. The summed E-state index contributed by atoms with van der Waals surface area (Å²) < 4.78 is 14.2. The van der Waals surface area contributed by atoms with Crippen molar-refractivity contribution in [3.8, 4) is 66.8 Å². The molecule has 0 amide bonds. The van der Waals surface area contributed by atoms with E-state index in [-0.39, 0.29) is 21.7 Å². The van der Waals surface area contributed by atoms with Crippen molar-refractivity contribution in [1.29, 1.82) is 0 Å². The average molecular weight is 1040 g/mol. The molecule has 11 aromatic carbocycles. The van der Waals surface area contributed by atoms with Gasteiger partial charge in [0.25, 0.3) is 0 Å². The molecule has 2 heterocycles. The van der Waals surface area contributed by atoms with Crippen molar-refractivity contribution in [1.82, 2.24) is 0 Å². The molecule has 0 aliphatic heterocycles. The predicted molar refractivity (Wildman–Crippen MR) is 337 cm³/mol. The van der Waals surface area contributed by atoms with Crippen molar-refractivity contribution >= 4 is 60.9 Å². The van der Waals surface area contributed by atoms with Crippen molar-refractivity contribution in [2.75, 3.05) is 4.90 Å². The lowest BCUT2D eigenvalue weighted by Crippen LogP contribution is -2.24. The normalized spacial score (nSPS) is 15.8. The zero-order valence-electron chi connectivity index (χ0n) is 47.0. The van der Waals surface area contributed by atoms with E-state index in [1.54, 1.807) is 0 Å². The van der Waals surface area contributed by atoms with Gasteiger partial charge in [-0.2, -0.15) is 0 Å².